The van der Waals surface area contributed by atoms with Crippen molar-refractivity contribution in [1.82, 2.24) is 0 Å². The second-order valence-corrected chi connectivity index (χ2v) is 20.3. The van der Waals surface area contributed by atoms with E-state index in [0.717, 1.165) is 11.2 Å². The molecule has 0 spiro atoms. The van der Waals surface area contributed by atoms with E-state index in [-0.39, 0.29) is 10.8 Å². The Morgan fingerprint density at radius 2 is 0.746 bits per heavy atom. The van der Waals surface area contributed by atoms with Crippen molar-refractivity contribution in [3.05, 3.63) is 216 Å². The molecule has 0 bridgehead atoms. The van der Waals surface area contributed by atoms with Crippen LogP contribution in [0.3, 0.4) is 0 Å². The second-order valence-electron chi connectivity index (χ2n) is 20.3. The number of rotatable bonds is 2. The maximum atomic E-state index is 7.15. The van der Waals surface area contributed by atoms with Gasteiger partial charge in [-0.05, 0) is 156 Å². The highest BCUT2D eigenvalue weighted by molar-refractivity contribution is 6.26. The van der Waals surface area contributed by atoms with E-state index in [1.807, 2.05) is 0 Å². The first kappa shape index (κ1) is 37.2. The van der Waals surface area contributed by atoms with E-state index in [4.69, 9.17) is 4.42 Å². The van der Waals surface area contributed by atoms with Gasteiger partial charge in [0.15, 0.2) is 0 Å². The van der Waals surface area contributed by atoms with E-state index in [9.17, 15) is 0 Å². The lowest BCUT2D eigenvalue weighted by molar-refractivity contribution is 0.600. The summed E-state index contributed by atoms with van der Waals surface area (Å²) in [5.41, 5.74) is 17.0. The molecule has 67 heavy (non-hydrogen) atoms. The molecule has 13 aromatic rings. The lowest BCUT2D eigenvalue weighted by atomic mass is 9.71. The van der Waals surface area contributed by atoms with Gasteiger partial charge in [0, 0.05) is 27.2 Å². The second kappa shape index (κ2) is 12.9. The molecule has 0 amide bonds. The van der Waals surface area contributed by atoms with Crippen LogP contribution in [0.2, 0.25) is 0 Å². The number of furan rings is 1. The molecule has 1 heteroatoms. The van der Waals surface area contributed by atoms with Crippen molar-refractivity contribution >= 4 is 86.6 Å². The highest BCUT2D eigenvalue weighted by atomic mass is 16.3. The zero-order valence-corrected chi connectivity index (χ0v) is 37.9. The fourth-order valence-electron chi connectivity index (χ4n) is 13.1. The first-order valence-electron chi connectivity index (χ1n) is 23.7. The molecule has 0 N–H and O–H groups in total. The SMILES string of the molecule is CC1(C)c2cc(-c3cc4ccccc4c4ccc5ccccc5c34)ccc2-c2c1c1c(c3c2oc2ccccc23)-c2ccc(-c3cc4ccccc4c4ccc5ccccc5c34)cc2C1(C)C. The fourth-order valence-corrected chi connectivity index (χ4v) is 13.1. The number of hydrogen-bond acceptors (Lipinski definition) is 1. The first-order chi connectivity index (χ1) is 32.8. The molecule has 1 heterocycles. The van der Waals surface area contributed by atoms with Crippen LogP contribution in [0.4, 0.5) is 0 Å². The summed E-state index contributed by atoms with van der Waals surface area (Å²) in [6.07, 6.45) is 0. The summed E-state index contributed by atoms with van der Waals surface area (Å²) in [5.74, 6) is 0. The molecule has 12 aromatic carbocycles. The average Bonchev–Trinajstić information content (AvgIpc) is 3.94. The van der Waals surface area contributed by atoms with Gasteiger partial charge in [-0.25, -0.2) is 0 Å². The Morgan fingerprint density at radius 3 is 1.28 bits per heavy atom. The van der Waals surface area contributed by atoms with Crippen LogP contribution in [-0.4, -0.2) is 0 Å². The number of benzene rings is 12. The molecule has 2 aliphatic carbocycles. The number of hydrogen-bond donors (Lipinski definition) is 0. The monoisotopic (exact) mass is 852 g/mol. The summed E-state index contributed by atoms with van der Waals surface area (Å²) in [6.45, 7) is 9.86. The molecule has 0 saturated heterocycles. The zero-order chi connectivity index (χ0) is 44.5. The van der Waals surface area contributed by atoms with Gasteiger partial charge in [0.25, 0.3) is 0 Å². The molecule has 0 aliphatic heterocycles. The Hall–Kier alpha value is -8.00. The molecule has 0 saturated carbocycles. The smallest absolute Gasteiger partial charge is 0.144 e. The highest BCUT2D eigenvalue weighted by Crippen LogP contribution is 2.64. The van der Waals surface area contributed by atoms with Crippen molar-refractivity contribution in [2.24, 2.45) is 0 Å². The van der Waals surface area contributed by atoms with Crippen LogP contribution in [0.5, 0.6) is 0 Å². The van der Waals surface area contributed by atoms with E-state index in [0.29, 0.717) is 0 Å². The van der Waals surface area contributed by atoms with Crippen LogP contribution < -0.4 is 0 Å². The molecule has 0 unspecified atom stereocenters. The van der Waals surface area contributed by atoms with Crippen LogP contribution in [0.15, 0.2) is 199 Å². The summed E-state index contributed by atoms with van der Waals surface area (Å²) in [7, 11) is 0. The third-order valence-electron chi connectivity index (χ3n) is 16.1. The van der Waals surface area contributed by atoms with Gasteiger partial charge in [-0.2, -0.15) is 0 Å². The van der Waals surface area contributed by atoms with Crippen molar-refractivity contribution in [1.29, 1.82) is 0 Å². The van der Waals surface area contributed by atoms with E-state index in [2.05, 4.69) is 222 Å². The van der Waals surface area contributed by atoms with Crippen molar-refractivity contribution in [3.8, 4) is 44.5 Å². The van der Waals surface area contributed by atoms with Crippen LogP contribution in [0.1, 0.15) is 49.9 Å². The Bertz CT molecular complexity index is 4380. The van der Waals surface area contributed by atoms with Gasteiger partial charge in [0.05, 0.1) is 0 Å². The molecule has 15 rings (SSSR count). The van der Waals surface area contributed by atoms with Gasteiger partial charge in [0.1, 0.15) is 11.2 Å². The molecule has 1 aromatic heterocycles. The predicted octanol–water partition coefficient (Wildman–Crippen LogP) is 18.5. The van der Waals surface area contributed by atoms with Crippen molar-refractivity contribution in [2.75, 3.05) is 0 Å². The summed E-state index contributed by atoms with van der Waals surface area (Å²) < 4.78 is 7.15. The molecule has 0 atom stereocenters. The summed E-state index contributed by atoms with van der Waals surface area (Å²) in [4.78, 5) is 0. The van der Waals surface area contributed by atoms with Gasteiger partial charge in [-0.3, -0.25) is 0 Å². The standard InChI is InChI=1S/C66H44O/c1-65(2)54-35-41(52-33-39-17-7-9-19-43(39)47-29-25-37-15-5-11-21-45(37)57(47)52)27-31-49(54)59-60-51-23-13-14-24-56(51)67-64(60)61-50-32-28-42(36-55(50)66(3,4)63(61)62(59)65)53-34-40-18-8-10-20-44(40)48-30-26-38-16-6-12-22-46(38)58(48)53/h5-36H,1-4H3. The molecule has 1 nitrogen and oxygen atoms in total. The molecular weight excluding hydrogens is 809 g/mol. The van der Waals surface area contributed by atoms with Crippen LogP contribution in [-0.2, 0) is 10.8 Å². The van der Waals surface area contributed by atoms with E-state index in [1.165, 1.54) is 142 Å². The normalized spacial score (nSPS) is 14.5. The third kappa shape index (κ3) is 4.78. The maximum Gasteiger partial charge on any atom is 0.144 e. The topological polar surface area (TPSA) is 13.1 Å². The lowest BCUT2D eigenvalue weighted by Gasteiger charge is -2.31. The van der Waals surface area contributed by atoms with Crippen LogP contribution in [0.25, 0.3) is 131 Å². The molecule has 2 aliphatic rings. The third-order valence-corrected chi connectivity index (χ3v) is 16.1. The number of fused-ring (bicyclic) bond motifs is 22. The molecule has 314 valence electrons. The Balaban J connectivity index is 0.992. The maximum absolute atomic E-state index is 7.15. The summed E-state index contributed by atoms with van der Waals surface area (Å²) >= 11 is 0. The van der Waals surface area contributed by atoms with Gasteiger partial charge in [-0.1, -0.05) is 191 Å². The Morgan fingerprint density at radius 1 is 0.313 bits per heavy atom. The van der Waals surface area contributed by atoms with E-state index in [1.54, 1.807) is 0 Å². The van der Waals surface area contributed by atoms with Gasteiger partial charge < -0.3 is 4.42 Å². The van der Waals surface area contributed by atoms with E-state index >= 15 is 0 Å². The van der Waals surface area contributed by atoms with Crippen LogP contribution in [0, 0.1) is 0 Å². The van der Waals surface area contributed by atoms with Crippen molar-refractivity contribution in [2.45, 2.75) is 38.5 Å². The molecule has 0 radical (unpaired) electrons. The first-order valence-corrected chi connectivity index (χ1v) is 23.7. The van der Waals surface area contributed by atoms with Gasteiger partial charge >= 0.3 is 0 Å². The molecular formula is C66H44O. The van der Waals surface area contributed by atoms with Gasteiger partial charge in [0.2, 0.25) is 0 Å². The quantitative estimate of drug-likeness (QED) is 0.158. The van der Waals surface area contributed by atoms with Crippen LogP contribution >= 0.6 is 0 Å². The largest absolute Gasteiger partial charge is 0.455 e. The minimum atomic E-state index is -0.331. The Kier molecular flexibility index (Phi) is 7.15. The fraction of sp³-hybridized carbons (Fsp3) is 0.0909. The van der Waals surface area contributed by atoms with Crippen molar-refractivity contribution < 1.29 is 4.42 Å². The lowest BCUT2D eigenvalue weighted by Crippen LogP contribution is -2.24. The minimum Gasteiger partial charge on any atom is -0.455 e. The van der Waals surface area contributed by atoms with Crippen molar-refractivity contribution in [3.63, 3.8) is 0 Å². The zero-order valence-electron chi connectivity index (χ0n) is 37.9. The Labute approximate surface area is 388 Å². The average molecular weight is 853 g/mol. The van der Waals surface area contributed by atoms with Gasteiger partial charge in [-0.15, -0.1) is 0 Å². The minimum absolute atomic E-state index is 0.318. The number of para-hydroxylation sites is 1. The molecule has 0 fully saturated rings. The summed E-state index contributed by atoms with van der Waals surface area (Å²) in [5, 5.41) is 17.8. The predicted molar refractivity (Wildman–Crippen MR) is 285 cm³/mol. The summed E-state index contributed by atoms with van der Waals surface area (Å²) in [6, 6.07) is 72.9. The van der Waals surface area contributed by atoms with E-state index < -0.39 is 0 Å². The highest BCUT2D eigenvalue weighted by Gasteiger charge is 2.48.